The zero-order valence-electron chi connectivity index (χ0n) is 22.2. The minimum Gasteiger partial charge on any atom is -0.491 e. The summed E-state index contributed by atoms with van der Waals surface area (Å²) in [6.45, 7) is 18.3. The number of carbonyl (C=O) groups excluding carboxylic acids is 1. The molecule has 2 N–H and O–H groups in total. The molecule has 0 bridgehead atoms. The summed E-state index contributed by atoms with van der Waals surface area (Å²) in [5.41, 5.74) is 2.23. The van der Waals surface area contributed by atoms with E-state index in [1.54, 1.807) is 50.6 Å². The molecule has 0 fully saturated rings. The van der Waals surface area contributed by atoms with Crippen molar-refractivity contribution in [2.75, 3.05) is 44.2 Å². The first-order valence-electron chi connectivity index (χ1n) is 11.9. The monoisotopic (exact) mass is 737 g/mol. The SMILES string of the molecule is C=C(Nc1ccc(NC(=O)COCC([CH2-])C[CH2-])cc1)c1c(F)cc(OCCOC)cc1N=CC.CC.[U+2]. The van der Waals surface area contributed by atoms with Crippen LogP contribution in [0.5, 0.6) is 5.75 Å². The summed E-state index contributed by atoms with van der Waals surface area (Å²) >= 11 is 0. The van der Waals surface area contributed by atoms with E-state index in [1.807, 2.05) is 13.8 Å². The Morgan fingerprint density at radius 2 is 1.78 bits per heavy atom. The average Bonchev–Trinajstić information content (AvgIpc) is 2.86. The van der Waals surface area contributed by atoms with E-state index < -0.39 is 5.82 Å². The van der Waals surface area contributed by atoms with Crippen LogP contribution in [-0.4, -0.2) is 45.7 Å². The van der Waals surface area contributed by atoms with Gasteiger partial charge in [-0.25, -0.2) is 10.8 Å². The molecule has 0 heterocycles. The van der Waals surface area contributed by atoms with Crippen molar-refractivity contribution in [1.29, 1.82) is 0 Å². The zero-order chi connectivity index (χ0) is 26.9. The van der Waals surface area contributed by atoms with Gasteiger partial charge in [-0.15, -0.1) is 0 Å². The van der Waals surface area contributed by atoms with Gasteiger partial charge in [-0.3, -0.25) is 9.79 Å². The Kier molecular flexibility index (Phi) is 18.7. The summed E-state index contributed by atoms with van der Waals surface area (Å²) in [6, 6.07) is 9.89. The standard InChI is InChI=1S/C26H32FN3O4.C2H6.U/c1-6-18(3)16-33-17-25(31)30-21-10-8-20(9-11-21)29-19(4)26-23(27)14-22(34-13-12-32-5)15-24(26)28-7-2;1-2;/h7-11,14-15,18,29H,1,3-4,6,12-13,16-17H2,2,5H3,(H,30,31);1-2H3;/q-2;;+2. The first kappa shape index (κ1) is 34.8. The molecule has 2 rings (SSSR count). The Hall–Kier alpha value is -2.18. The number of hydrogen-bond donors (Lipinski definition) is 2. The Bertz CT molecular complexity index is 984. The fraction of sp³-hybridized carbons (Fsp3) is 0.357. The number of halogens is 1. The molecule has 1 amide bonds. The molecule has 9 heteroatoms. The number of amides is 1. The molecule has 37 heavy (non-hydrogen) atoms. The molecular formula is C28H38FN3O4U. The number of benzene rings is 2. The third-order valence-corrected chi connectivity index (χ3v) is 4.63. The molecule has 0 aliphatic rings. The number of nitrogens with one attached hydrogen (secondary N) is 2. The quantitative estimate of drug-likeness (QED) is 0.135. The molecule has 0 spiro atoms. The summed E-state index contributed by atoms with van der Waals surface area (Å²) < 4.78 is 30.7. The largest absolute Gasteiger partial charge is 2.00 e. The van der Waals surface area contributed by atoms with Crippen LogP contribution in [0.2, 0.25) is 0 Å². The summed E-state index contributed by atoms with van der Waals surface area (Å²) in [6.07, 6.45) is 2.21. The van der Waals surface area contributed by atoms with Gasteiger partial charge in [-0.1, -0.05) is 20.4 Å². The second-order valence-corrected chi connectivity index (χ2v) is 7.43. The number of hydrogen-bond acceptors (Lipinski definition) is 6. The van der Waals surface area contributed by atoms with Crippen LogP contribution in [-0.2, 0) is 14.3 Å². The van der Waals surface area contributed by atoms with Gasteiger partial charge in [0, 0.05) is 49.1 Å². The van der Waals surface area contributed by atoms with Crippen molar-refractivity contribution in [3.05, 3.63) is 68.2 Å². The number of methoxy groups -OCH3 is 1. The van der Waals surface area contributed by atoms with Gasteiger partial charge in [-0.05, 0) is 31.2 Å². The minimum atomic E-state index is -0.514. The van der Waals surface area contributed by atoms with Crippen LogP contribution in [0.25, 0.3) is 5.70 Å². The maximum absolute atomic E-state index is 14.9. The van der Waals surface area contributed by atoms with E-state index in [1.165, 1.54) is 6.07 Å². The van der Waals surface area contributed by atoms with E-state index in [0.717, 1.165) is 0 Å². The molecule has 2 aromatic carbocycles. The first-order chi connectivity index (χ1) is 17.4. The number of ether oxygens (including phenoxy) is 3. The van der Waals surface area contributed by atoms with Crippen molar-refractivity contribution in [3.63, 3.8) is 0 Å². The van der Waals surface area contributed by atoms with Crippen molar-refractivity contribution in [3.8, 4) is 5.75 Å². The molecule has 0 aromatic heterocycles. The summed E-state index contributed by atoms with van der Waals surface area (Å²) in [5, 5.41) is 5.84. The number of rotatable bonds is 14. The molecule has 0 aliphatic carbocycles. The van der Waals surface area contributed by atoms with Crippen molar-refractivity contribution in [2.24, 2.45) is 10.9 Å². The molecular weight excluding hydrogens is 699 g/mol. The number of carbonyl (C=O) groups is 1. The van der Waals surface area contributed by atoms with Gasteiger partial charge in [0.05, 0.1) is 17.9 Å². The maximum atomic E-state index is 14.9. The van der Waals surface area contributed by atoms with Gasteiger partial charge in [0.1, 0.15) is 24.8 Å². The molecule has 200 valence electrons. The van der Waals surface area contributed by atoms with Crippen molar-refractivity contribution >= 4 is 34.9 Å². The van der Waals surface area contributed by atoms with Crippen molar-refractivity contribution in [1.82, 2.24) is 0 Å². The van der Waals surface area contributed by atoms with Crippen molar-refractivity contribution in [2.45, 2.75) is 27.2 Å². The molecule has 0 aliphatic heterocycles. The fourth-order valence-corrected chi connectivity index (χ4v) is 2.91. The Morgan fingerprint density at radius 3 is 2.35 bits per heavy atom. The second-order valence-electron chi connectivity index (χ2n) is 7.43. The third kappa shape index (κ3) is 12.8. The number of nitrogens with zero attached hydrogens (tertiary/aromatic N) is 1. The van der Waals surface area contributed by atoms with Gasteiger partial charge in [0.15, 0.2) is 0 Å². The van der Waals surface area contributed by atoms with E-state index in [-0.39, 0.29) is 55.1 Å². The minimum absolute atomic E-state index is 0. The Morgan fingerprint density at radius 1 is 1.16 bits per heavy atom. The molecule has 1 unspecified atom stereocenters. The second kappa shape index (κ2) is 19.9. The van der Waals surface area contributed by atoms with Gasteiger partial charge >= 0.3 is 31.1 Å². The van der Waals surface area contributed by atoms with Crippen LogP contribution in [0, 0.1) is 56.7 Å². The summed E-state index contributed by atoms with van der Waals surface area (Å²) in [5.74, 6) is -0.370. The van der Waals surface area contributed by atoms with Crippen LogP contribution in [0.1, 0.15) is 32.8 Å². The zero-order valence-corrected chi connectivity index (χ0v) is 26.4. The van der Waals surface area contributed by atoms with Crippen LogP contribution >= 0.6 is 0 Å². The van der Waals surface area contributed by atoms with E-state index in [2.05, 4.69) is 36.1 Å². The molecule has 0 saturated heterocycles. The Balaban J connectivity index is 0.00000421. The fourth-order valence-electron chi connectivity index (χ4n) is 2.91. The van der Waals surface area contributed by atoms with Gasteiger partial charge < -0.3 is 38.7 Å². The average molecular weight is 738 g/mol. The van der Waals surface area contributed by atoms with Crippen LogP contribution in [0.4, 0.5) is 21.5 Å². The molecule has 2 aromatic rings. The third-order valence-electron chi connectivity index (χ3n) is 4.63. The normalized spacial score (nSPS) is 11.1. The topological polar surface area (TPSA) is 81.2 Å². The van der Waals surface area contributed by atoms with Crippen LogP contribution in [0.3, 0.4) is 0 Å². The van der Waals surface area contributed by atoms with E-state index in [9.17, 15) is 9.18 Å². The van der Waals surface area contributed by atoms with E-state index in [4.69, 9.17) is 14.2 Å². The van der Waals surface area contributed by atoms with E-state index >= 15 is 0 Å². The molecule has 1 atom stereocenters. The number of aliphatic imine (C=N–C) groups is 1. The smallest absolute Gasteiger partial charge is 0.491 e. The molecule has 0 saturated carbocycles. The number of anilines is 2. The predicted molar refractivity (Wildman–Crippen MR) is 146 cm³/mol. The summed E-state index contributed by atoms with van der Waals surface area (Å²) in [7, 11) is 1.56. The molecule has 0 radical (unpaired) electrons. The maximum Gasteiger partial charge on any atom is 2.00 e. The summed E-state index contributed by atoms with van der Waals surface area (Å²) in [4.78, 5) is 16.3. The first-order valence-corrected chi connectivity index (χ1v) is 11.9. The van der Waals surface area contributed by atoms with Gasteiger partial charge in [0.25, 0.3) is 0 Å². The predicted octanol–water partition coefficient (Wildman–Crippen LogP) is 6.31. The Labute approximate surface area is 244 Å². The van der Waals surface area contributed by atoms with Gasteiger partial charge in [0.2, 0.25) is 5.91 Å². The van der Waals surface area contributed by atoms with Gasteiger partial charge in [-0.2, -0.15) is 5.92 Å². The van der Waals surface area contributed by atoms with Crippen molar-refractivity contribution < 1.29 is 54.5 Å². The van der Waals surface area contributed by atoms with E-state index in [0.29, 0.717) is 54.8 Å². The molecule has 7 nitrogen and oxygen atoms in total. The van der Waals surface area contributed by atoms with Crippen LogP contribution < -0.4 is 15.4 Å². The van der Waals surface area contributed by atoms with Crippen LogP contribution in [0.15, 0.2) is 48.0 Å².